The second-order valence-electron chi connectivity index (χ2n) is 7.75. The van der Waals surface area contributed by atoms with Crippen molar-refractivity contribution in [2.75, 3.05) is 30.8 Å². The van der Waals surface area contributed by atoms with Crippen molar-refractivity contribution in [1.29, 1.82) is 0 Å². The summed E-state index contributed by atoms with van der Waals surface area (Å²) in [5.74, 6) is -0.162. The van der Waals surface area contributed by atoms with Crippen LogP contribution in [0.15, 0.2) is 48.5 Å². The number of carbonyl (C=O) groups is 2. The van der Waals surface area contributed by atoms with E-state index in [1.165, 1.54) is 11.9 Å². The third-order valence-corrected chi connectivity index (χ3v) is 6.32. The Kier molecular flexibility index (Phi) is 9.28. The van der Waals surface area contributed by atoms with Crippen LogP contribution in [-0.2, 0) is 26.2 Å². The van der Waals surface area contributed by atoms with E-state index < -0.39 is 28.5 Å². The average molecular weight is 476 g/mol. The first-order chi connectivity index (χ1) is 15.6. The van der Waals surface area contributed by atoms with Gasteiger partial charge in [0.25, 0.3) is 0 Å². The van der Waals surface area contributed by atoms with Gasteiger partial charge in [0.15, 0.2) is 0 Å². The minimum atomic E-state index is -3.77. The highest BCUT2D eigenvalue weighted by Gasteiger charge is 2.31. The van der Waals surface area contributed by atoms with Crippen molar-refractivity contribution in [3.05, 3.63) is 59.7 Å². The smallest absolute Gasteiger partial charge is 0.244 e. The monoisotopic (exact) mass is 475 g/mol. The molecule has 0 aliphatic heterocycles. The Balaban J connectivity index is 2.39. The Morgan fingerprint density at radius 3 is 2.27 bits per heavy atom. The summed E-state index contributed by atoms with van der Waals surface area (Å²) in [4.78, 5) is 27.5. The zero-order valence-corrected chi connectivity index (χ0v) is 20.7. The molecule has 0 saturated heterocycles. The Morgan fingerprint density at radius 2 is 1.76 bits per heavy atom. The van der Waals surface area contributed by atoms with E-state index in [4.69, 9.17) is 4.74 Å². The van der Waals surface area contributed by atoms with Gasteiger partial charge in [-0.2, -0.15) is 0 Å². The molecule has 0 aromatic heterocycles. The lowest BCUT2D eigenvalue weighted by Gasteiger charge is -2.32. The zero-order valence-electron chi connectivity index (χ0n) is 19.9. The molecule has 180 valence electrons. The van der Waals surface area contributed by atoms with E-state index in [9.17, 15) is 18.0 Å². The fourth-order valence-corrected chi connectivity index (χ4v) is 4.43. The number of amides is 2. The number of nitrogens with zero attached hydrogens (tertiary/aromatic N) is 2. The van der Waals surface area contributed by atoms with Crippen LogP contribution in [0.25, 0.3) is 0 Å². The van der Waals surface area contributed by atoms with Gasteiger partial charge in [-0.15, -0.1) is 0 Å². The van der Waals surface area contributed by atoms with Crippen LogP contribution in [0, 0.1) is 6.92 Å². The van der Waals surface area contributed by atoms with Crippen LogP contribution in [0.1, 0.15) is 31.4 Å². The molecule has 0 spiro atoms. The van der Waals surface area contributed by atoms with E-state index in [-0.39, 0.29) is 12.5 Å². The van der Waals surface area contributed by atoms with Crippen molar-refractivity contribution < 1.29 is 22.7 Å². The summed E-state index contributed by atoms with van der Waals surface area (Å²) in [6, 6.07) is 13.4. The van der Waals surface area contributed by atoms with Gasteiger partial charge in [0, 0.05) is 13.6 Å². The first-order valence-electron chi connectivity index (χ1n) is 10.9. The molecule has 9 heteroatoms. The SMILES string of the molecule is CCOc1ccc(N(CC(=O)N(Cc2cccc(C)c2)[C@@H](CC)C(=O)NC)S(C)(=O)=O)cc1. The number of benzene rings is 2. The first-order valence-corrected chi connectivity index (χ1v) is 12.7. The largest absolute Gasteiger partial charge is 0.494 e. The molecule has 2 amide bonds. The molecule has 1 N–H and O–H groups in total. The second kappa shape index (κ2) is 11.7. The fraction of sp³-hybridized carbons (Fsp3) is 0.417. The lowest BCUT2D eigenvalue weighted by Crippen LogP contribution is -2.51. The predicted molar refractivity (Wildman–Crippen MR) is 130 cm³/mol. The number of sulfonamides is 1. The van der Waals surface area contributed by atoms with Gasteiger partial charge in [0.1, 0.15) is 18.3 Å². The molecular weight excluding hydrogens is 442 g/mol. The first kappa shape index (κ1) is 26.2. The van der Waals surface area contributed by atoms with Crippen LogP contribution in [0.3, 0.4) is 0 Å². The van der Waals surface area contributed by atoms with E-state index in [0.29, 0.717) is 24.5 Å². The highest BCUT2D eigenvalue weighted by molar-refractivity contribution is 7.92. The summed E-state index contributed by atoms with van der Waals surface area (Å²) >= 11 is 0. The maximum atomic E-state index is 13.5. The molecule has 2 aromatic rings. The number of ether oxygens (including phenoxy) is 1. The van der Waals surface area contributed by atoms with E-state index >= 15 is 0 Å². The van der Waals surface area contributed by atoms with Gasteiger partial charge >= 0.3 is 0 Å². The number of hydrogen-bond acceptors (Lipinski definition) is 5. The number of likely N-dealkylation sites (N-methyl/N-ethyl adjacent to an activating group) is 1. The molecule has 2 rings (SSSR count). The molecule has 33 heavy (non-hydrogen) atoms. The van der Waals surface area contributed by atoms with Crippen molar-refractivity contribution in [2.45, 2.75) is 39.8 Å². The summed E-state index contributed by atoms with van der Waals surface area (Å²) in [5.41, 5.74) is 2.23. The average Bonchev–Trinajstić information content (AvgIpc) is 2.77. The van der Waals surface area contributed by atoms with Gasteiger partial charge in [-0.1, -0.05) is 36.8 Å². The van der Waals surface area contributed by atoms with Gasteiger partial charge < -0.3 is 15.0 Å². The van der Waals surface area contributed by atoms with Crippen molar-refractivity contribution in [2.24, 2.45) is 0 Å². The van der Waals surface area contributed by atoms with Gasteiger partial charge in [-0.3, -0.25) is 13.9 Å². The molecule has 0 radical (unpaired) electrons. The molecule has 0 bridgehead atoms. The summed E-state index contributed by atoms with van der Waals surface area (Å²) in [7, 11) is -2.25. The van der Waals surface area contributed by atoms with Crippen LogP contribution in [-0.4, -0.2) is 57.6 Å². The van der Waals surface area contributed by atoms with E-state index in [0.717, 1.165) is 21.7 Å². The highest BCUT2D eigenvalue weighted by Crippen LogP contribution is 2.23. The normalized spacial score (nSPS) is 12.0. The topological polar surface area (TPSA) is 96.0 Å². The minimum Gasteiger partial charge on any atom is -0.494 e. The molecule has 0 aliphatic rings. The molecule has 0 unspecified atom stereocenters. The third-order valence-electron chi connectivity index (χ3n) is 5.18. The number of aryl methyl sites for hydroxylation is 1. The number of hydrogen-bond donors (Lipinski definition) is 1. The second-order valence-corrected chi connectivity index (χ2v) is 9.65. The Morgan fingerprint density at radius 1 is 1.09 bits per heavy atom. The fourth-order valence-electron chi connectivity index (χ4n) is 3.58. The van der Waals surface area contributed by atoms with Gasteiger partial charge in [0.05, 0.1) is 18.6 Å². The van der Waals surface area contributed by atoms with Crippen LogP contribution < -0.4 is 14.4 Å². The van der Waals surface area contributed by atoms with Crippen LogP contribution >= 0.6 is 0 Å². The lowest BCUT2D eigenvalue weighted by atomic mass is 10.1. The van der Waals surface area contributed by atoms with Gasteiger partial charge in [0.2, 0.25) is 21.8 Å². The van der Waals surface area contributed by atoms with Crippen LogP contribution in [0.4, 0.5) is 5.69 Å². The summed E-state index contributed by atoms with van der Waals surface area (Å²) in [6.07, 6.45) is 1.44. The van der Waals surface area contributed by atoms with Crippen LogP contribution in [0.2, 0.25) is 0 Å². The molecule has 0 saturated carbocycles. The predicted octanol–water partition coefficient (Wildman–Crippen LogP) is 2.71. The lowest BCUT2D eigenvalue weighted by molar-refractivity contribution is -0.140. The van der Waals surface area contributed by atoms with Crippen molar-refractivity contribution in [3.8, 4) is 5.75 Å². The van der Waals surface area contributed by atoms with Crippen LogP contribution in [0.5, 0.6) is 5.75 Å². The molecule has 1 atom stereocenters. The highest BCUT2D eigenvalue weighted by atomic mass is 32.2. The Labute approximate surface area is 196 Å². The number of rotatable bonds is 11. The van der Waals surface area contributed by atoms with Crippen molar-refractivity contribution >= 4 is 27.5 Å². The standard InChI is InChI=1S/C24H33N3O5S/c1-6-22(24(29)25-4)26(16-19-10-8-9-18(3)15-19)23(28)17-27(33(5,30)31)20-11-13-21(14-12-20)32-7-2/h8-15,22H,6-7,16-17H2,1-5H3,(H,25,29)/t22-/m0/s1. The Bertz CT molecular complexity index is 1050. The summed E-state index contributed by atoms with van der Waals surface area (Å²) in [5, 5.41) is 2.60. The van der Waals surface area contributed by atoms with E-state index in [2.05, 4.69) is 5.32 Å². The van der Waals surface area contributed by atoms with Gasteiger partial charge in [-0.25, -0.2) is 8.42 Å². The number of anilines is 1. The number of nitrogens with one attached hydrogen (secondary N) is 1. The molecule has 0 fully saturated rings. The zero-order chi connectivity index (χ0) is 24.6. The maximum Gasteiger partial charge on any atom is 0.244 e. The summed E-state index contributed by atoms with van der Waals surface area (Å²) < 4.78 is 31.6. The quantitative estimate of drug-likeness (QED) is 0.539. The van der Waals surface area contributed by atoms with Crippen molar-refractivity contribution in [1.82, 2.24) is 10.2 Å². The van der Waals surface area contributed by atoms with Gasteiger partial charge in [-0.05, 0) is 50.1 Å². The number of carbonyl (C=O) groups excluding carboxylic acids is 2. The molecular formula is C24H33N3O5S. The van der Waals surface area contributed by atoms with E-state index in [1.807, 2.05) is 45.0 Å². The van der Waals surface area contributed by atoms with E-state index in [1.54, 1.807) is 24.3 Å². The third kappa shape index (κ3) is 7.21. The summed E-state index contributed by atoms with van der Waals surface area (Å²) in [6.45, 7) is 5.87. The Hall–Kier alpha value is -3.07. The molecule has 2 aromatic carbocycles. The van der Waals surface area contributed by atoms with Crippen molar-refractivity contribution in [3.63, 3.8) is 0 Å². The maximum absolute atomic E-state index is 13.5. The molecule has 0 heterocycles. The molecule has 0 aliphatic carbocycles. The minimum absolute atomic E-state index is 0.188. The molecule has 8 nitrogen and oxygen atoms in total.